The van der Waals surface area contributed by atoms with Gasteiger partial charge in [0.25, 0.3) is 0 Å². The first-order valence-corrected chi connectivity index (χ1v) is 8.14. The minimum Gasteiger partial charge on any atom is -0.496 e. The number of hydrogen-bond acceptors (Lipinski definition) is 5. The molecule has 1 aliphatic rings. The van der Waals surface area contributed by atoms with E-state index in [1.54, 1.807) is 18.2 Å². The van der Waals surface area contributed by atoms with Crippen LogP contribution in [-0.2, 0) is 20.3 Å². The second-order valence-electron chi connectivity index (χ2n) is 4.76. The van der Waals surface area contributed by atoms with E-state index in [1.807, 2.05) is 6.07 Å². The van der Waals surface area contributed by atoms with Gasteiger partial charge in [-0.05, 0) is 31.0 Å². The molecule has 6 heteroatoms. The van der Waals surface area contributed by atoms with Gasteiger partial charge >= 0.3 is 0 Å². The molecule has 1 aromatic rings. The third kappa shape index (κ3) is 3.30. The number of ether oxygens (including phenoxy) is 2. The SMILES string of the molecule is COc1ccc(C#N)cc1CS(=O)(=O)C1CCOCC1. The third-order valence-corrected chi connectivity index (χ3v) is 5.64. The molecule has 0 aliphatic carbocycles. The number of nitrogens with zero attached hydrogens (tertiary/aromatic N) is 1. The Labute approximate surface area is 119 Å². The molecule has 0 unspecified atom stereocenters. The first kappa shape index (κ1) is 14.8. The second kappa shape index (κ2) is 6.25. The van der Waals surface area contributed by atoms with Crippen molar-refractivity contribution >= 4 is 9.84 Å². The molecule has 1 saturated heterocycles. The molecule has 20 heavy (non-hydrogen) atoms. The number of hydrogen-bond donors (Lipinski definition) is 0. The largest absolute Gasteiger partial charge is 0.496 e. The van der Waals surface area contributed by atoms with E-state index in [9.17, 15) is 8.42 Å². The quantitative estimate of drug-likeness (QED) is 0.844. The summed E-state index contributed by atoms with van der Waals surface area (Å²) in [5, 5.41) is 8.55. The highest BCUT2D eigenvalue weighted by Gasteiger charge is 2.28. The molecule has 1 aliphatic heterocycles. The Hall–Kier alpha value is -1.58. The summed E-state index contributed by atoms with van der Waals surface area (Å²) in [5.41, 5.74) is 0.973. The van der Waals surface area contributed by atoms with Gasteiger partial charge in [0.2, 0.25) is 0 Å². The standard InChI is InChI=1S/C14H17NO4S/c1-18-14-3-2-11(9-15)8-12(14)10-20(16,17)13-4-6-19-7-5-13/h2-3,8,13H,4-7,10H2,1H3. The van der Waals surface area contributed by atoms with E-state index in [2.05, 4.69) is 0 Å². The molecule has 0 saturated carbocycles. The van der Waals surface area contributed by atoms with E-state index in [-0.39, 0.29) is 11.0 Å². The van der Waals surface area contributed by atoms with Crippen molar-refractivity contribution in [2.24, 2.45) is 0 Å². The first-order chi connectivity index (χ1) is 9.56. The molecule has 2 rings (SSSR count). The van der Waals surface area contributed by atoms with Gasteiger partial charge in [-0.15, -0.1) is 0 Å². The fraction of sp³-hybridized carbons (Fsp3) is 0.500. The summed E-state index contributed by atoms with van der Waals surface area (Å²) in [7, 11) is -1.77. The minimum atomic E-state index is -3.26. The maximum absolute atomic E-state index is 12.4. The van der Waals surface area contributed by atoms with Crippen molar-refractivity contribution in [2.45, 2.75) is 23.8 Å². The van der Waals surface area contributed by atoms with Crippen molar-refractivity contribution in [3.05, 3.63) is 29.3 Å². The topological polar surface area (TPSA) is 76.4 Å². The van der Waals surface area contributed by atoms with Gasteiger partial charge < -0.3 is 9.47 Å². The van der Waals surface area contributed by atoms with Gasteiger partial charge in [0.15, 0.2) is 9.84 Å². The Morgan fingerprint density at radius 1 is 1.40 bits per heavy atom. The van der Waals surface area contributed by atoms with Crippen molar-refractivity contribution in [1.82, 2.24) is 0 Å². The molecule has 1 aromatic carbocycles. The molecule has 1 fully saturated rings. The molecule has 0 atom stereocenters. The summed E-state index contributed by atoms with van der Waals surface area (Å²) in [5.74, 6) is 0.399. The normalized spacial score (nSPS) is 16.6. The average molecular weight is 295 g/mol. The Morgan fingerprint density at radius 3 is 2.70 bits per heavy atom. The van der Waals surface area contributed by atoms with Crippen molar-refractivity contribution in [3.63, 3.8) is 0 Å². The van der Waals surface area contributed by atoms with Crippen LogP contribution in [0.15, 0.2) is 18.2 Å². The van der Waals surface area contributed by atoms with Crippen molar-refractivity contribution in [3.8, 4) is 11.8 Å². The first-order valence-electron chi connectivity index (χ1n) is 6.43. The average Bonchev–Trinajstić information content (AvgIpc) is 2.47. The molecule has 0 amide bonds. The van der Waals surface area contributed by atoms with E-state index in [0.29, 0.717) is 42.9 Å². The van der Waals surface area contributed by atoms with Gasteiger partial charge in [-0.2, -0.15) is 5.26 Å². The lowest BCUT2D eigenvalue weighted by molar-refractivity contribution is 0.0983. The van der Waals surface area contributed by atoms with Crippen LogP contribution in [0.25, 0.3) is 0 Å². The number of benzene rings is 1. The third-order valence-electron chi connectivity index (χ3n) is 3.44. The van der Waals surface area contributed by atoms with Crippen LogP contribution in [0.1, 0.15) is 24.0 Å². The number of sulfone groups is 1. The van der Waals surface area contributed by atoms with Gasteiger partial charge in [-0.25, -0.2) is 8.42 Å². The van der Waals surface area contributed by atoms with E-state index in [1.165, 1.54) is 7.11 Å². The molecule has 0 radical (unpaired) electrons. The van der Waals surface area contributed by atoms with Gasteiger partial charge in [-0.1, -0.05) is 0 Å². The van der Waals surface area contributed by atoms with Gasteiger partial charge in [-0.3, -0.25) is 0 Å². The fourth-order valence-corrected chi connectivity index (χ4v) is 4.14. The van der Waals surface area contributed by atoms with Crippen molar-refractivity contribution < 1.29 is 17.9 Å². The zero-order valence-electron chi connectivity index (χ0n) is 11.3. The fourth-order valence-electron chi connectivity index (χ4n) is 2.33. The van der Waals surface area contributed by atoms with Crippen LogP contribution < -0.4 is 4.74 Å². The van der Waals surface area contributed by atoms with Crippen LogP contribution in [0.4, 0.5) is 0 Å². The molecule has 1 heterocycles. The lowest BCUT2D eigenvalue weighted by Crippen LogP contribution is -2.30. The van der Waals surface area contributed by atoms with Crippen LogP contribution in [-0.4, -0.2) is 34.0 Å². The van der Waals surface area contributed by atoms with Crippen LogP contribution in [0.3, 0.4) is 0 Å². The smallest absolute Gasteiger partial charge is 0.157 e. The number of methoxy groups -OCH3 is 1. The summed E-state index contributed by atoms with van der Waals surface area (Å²) in [6.45, 7) is 0.971. The van der Waals surface area contributed by atoms with Gasteiger partial charge in [0.05, 0.1) is 29.7 Å². The van der Waals surface area contributed by atoms with Crippen molar-refractivity contribution in [2.75, 3.05) is 20.3 Å². The zero-order chi connectivity index (χ0) is 14.6. The van der Waals surface area contributed by atoms with E-state index < -0.39 is 9.84 Å². The van der Waals surface area contributed by atoms with E-state index in [0.717, 1.165) is 0 Å². The van der Waals surface area contributed by atoms with E-state index >= 15 is 0 Å². The van der Waals surface area contributed by atoms with Gasteiger partial charge in [0.1, 0.15) is 5.75 Å². The lowest BCUT2D eigenvalue weighted by Gasteiger charge is -2.22. The predicted molar refractivity (Wildman–Crippen MR) is 74.2 cm³/mol. The maximum atomic E-state index is 12.4. The molecule has 0 bridgehead atoms. The molecule has 0 spiro atoms. The molecule has 5 nitrogen and oxygen atoms in total. The Bertz CT molecular complexity index is 613. The highest BCUT2D eigenvalue weighted by Crippen LogP contribution is 2.26. The molecule has 108 valence electrons. The van der Waals surface area contributed by atoms with Gasteiger partial charge in [0, 0.05) is 18.8 Å². The van der Waals surface area contributed by atoms with Crippen LogP contribution in [0, 0.1) is 11.3 Å². The number of nitriles is 1. The lowest BCUT2D eigenvalue weighted by atomic mass is 10.1. The van der Waals surface area contributed by atoms with Crippen molar-refractivity contribution in [1.29, 1.82) is 5.26 Å². The minimum absolute atomic E-state index is 0.101. The molecular weight excluding hydrogens is 278 g/mol. The summed E-state index contributed by atoms with van der Waals surface area (Å²) >= 11 is 0. The summed E-state index contributed by atoms with van der Waals surface area (Å²) in [6, 6.07) is 6.84. The highest BCUT2D eigenvalue weighted by atomic mass is 32.2. The van der Waals surface area contributed by atoms with E-state index in [4.69, 9.17) is 14.7 Å². The van der Waals surface area contributed by atoms with Crippen LogP contribution >= 0.6 is 0 Å². The monoisotopic (exact) mass is 295 g/mol. The second-order valence-corrected chi connectivity index (χ2v) is 7.04. The maximum Gasteiger partial charge on any atom is 0.157 e. The summed E-state index contributed by atoms with van der Waals surface area (Å²) in [4.78, 5) is 0. The summed E-state index contributed by atoms with van der Waals surface area (Å²) in [6.07, 6.45) is 1.06. The Morgan fingerprint density at radius 2 is 2.10 bits per heavy atom. The number of rotatable bonds is 4. The molecular formula is C14H17NO4S. The Kier molecular flexibility index (Phi) is 4.63. The molecule has 0 aromatic heterocycles. The Balaban J connectivity index is 2.26. The van der Waals surface area contributed by atoms with Crippen LogP contribution in [0.2, 0.25) is 0 Å². The van der Waals surface area contributed by atoms with Crippen LogP contribution in [0.5, 0.6) is 5.75 Å². The predicted octanol–water partition coefficient (Wildman–Crippen LogP) is 1.66. The highest BCUT2D eigenvalue weighted by molar-refractivity contribution is 7.91. The summed E-state index contributed by atoms with van der Waals surface area (Å²) < 4.78 is 35.2. The zero-order valence-corrected chi connectivity index (χ0v) is 12.1. The molecule has 0 N–H and O–H groups in total.